The van der Waals surface area contributed by atoms with Gasteiger partial charge in [-0.1, -0.05) is 20.8 Å². The monoisotopic (exact) mass is 191 g/mol. The molecular formula is C10H13N3O. The van der Waals surface area contributed by atoms with E-state index in [1.54, 1.807) is 0 Å². The fourth-order valence-corrected chi connectivity index (χ4v) is 1.44. The minimum atomic E-state index is 0.256. The lowest BCUT2D eigenvalue weighted by atomic mass is 9.89. The maximum atomic E-state index is 4.83. The Labute approximate surface area is 82.3 Å². The SMILES string of the molecule is CC(C)(C)Cc1cnc2onnc2c1. The van der Waals surface area contributed by atoms with Gasteiger partial charge in [0, 0.05) is 11.5 Å². The van der Waals surface area contributed by atoms with Gasteiger partial charge in [0.15, 0.2) is 5.52 Å². The van der Waals surface area contributed by atoms with Crippen LogP contribution >= 0.6 is 0 Å². The summed E-state index contributed by atoms with van der Waals surface area (Å²) in [6, 6.07) is 1.98. The van der Waals surface area contributed by atoms with Crippen LogP contribution in [0.3, 0.4) is 0 Å². The highest BCUT2D eigenvalue weighted by molar-refractivity contribution is 5.66. The van der Waals surface area contributed by atoms with Crippen LogP contribution in [0.25, 0.3) is 11.2 Å². The topological polar surface area (TPSA) is 51.8 Å². The lowest BCUT2D eigenvalue weighted by Crippen LogP contribution is -2.09. The van der Waals surface area contributed by atoms with Crippen molar-refractivity contribution in [2.45, 2.75) is 27.2 Å². The van der Waals surface area contributed by atoms with E-state index in [9.17, 15) is 0 Å². The van der Waals surface area contributed by atoms with E-state index in [1.807, 2.05) is 12.3 Å². The molecule has 2 aromatic rings. The maximum absolute atomic E-state index is 4.83. The smallest absolute Gasteiger partial charge is 0.278 e. The molecule has 4 heteroatoms. The fourth-order valence-electron chi connectivity index (χ4n) is 1.44. The second kappa shape index (κ2) is 3.04. The molecule has 0 bridgehead atoms. The van der Waals surface area contributed by atoms with Gasteiger partial charge in [-0.3, -0.25) is 0 Å². The highest BCUT2D eigenvalue weighted by atomic mass is 16.5. The zero-order chi connectivity index (χ0) is 10.2. The van der Waals surface area contributed by atoms with Crippen LogP contribution in [0, 0.1) is 5.41 Å². The molecule has 14 heavy (non-hydrogen) atoms. The molecule has 0 N–H and O–H groups in total. The van der Waals surface area contributed by atoms with Gasteiger partial charge >= 0.3 is 0 Å². The molecule has 0 unspecified atom stereocenters. The summed E-state index contributed by atoms with van der Waals surface area (Å²) in [6.45, 7) is 6.58. The standard InChI is InChI=1S/C10H13N3O/c1-10(2,3)5-7-4-8-9(11-6-7)14-13-12-8/h4,6H,5H2,1-3H3. The molecule has 4 nitrogen and oxygen atoms in total. The summed E-state index contributed by atoms with van der Waals surface area (Å²) in [7, 11) is 0. The number of pyridine rings is 1. The fraction of sp³-hybridized carbons (Fsp3) is 0.500. The van der Waals surface area contributed by atoms with E-state index in [2.05, 4.69) is 36.1 Å². The van der Waals surface area contributed by atoms with Crippen LogP contribution in [0.1, 0.15) is 26.3 Å². The number of nitrogens with zero attached hydrogens (tertiary/aromatic N) is 3. The third-order valence-electron chi connectivity index (χ3n) is 1.90. The summed E-state index contributed by atoms with van der Waals surface area (Å²) in [4.78, 5) is 4.13. The summed E-state index contributed by atoms with van der Waals surface area (Å²) in [5.74, 6) is 0. The third kappa shape index (κ3) is 1.89. The molecule has 0 amide bonds. The number of hydrogen-bond acceptors (Lipinski definition) is 4. The van der Waals surface area contributed by atoms with Crippen LogP contribution in [0.5, 0.6) is 0 Å². The van der Waals surface area contributed by atoms with E-state index in [-0.39, 0.29) is 5.41 Å². The van der Waals surface area contributed by atoms with E-state index in [1.165, 1.54) is 5.56 Å². The van der Waals surface area contributed by atoms with Crippen molar-refractivity contribution in [3.8, 4) is 0 Å². The van der Waals surface area contributed by atoms with Crippen molar-refractivity contribution in [2.75, 3.05) is 0 Å². The second-order valence-electron chi connectivity index (χ2n) is 4.68. The molecule has 0 saturated heterocycles. The first kappa shape index (κ1) is 9.12. The van der Waals surface area contributed by atoms with Crippen molar-refractivity contribution in [1.29, 1.82) is 0 Å². The van der Waals surface area contributed by atoms with Crippen LogP contribution in [-0.4, -0.2) is 15.4 Å². The number of hydrogen-bond donors (Lipinski definition) is 0. The molecule has 0 aromatic carbocycles. The van der Waals surface area contributed by atoms with Crippen LogP contribution < -0.4 is 0 Å². The molecule has 2 aromatic heterocycles. The van der Waals surface area contributed by atoms with E-state index in [4.69, 9.17) is 4.52 Å². The summed E-state index contributed by atoms with van der Waals surface area (Å²) < 4.78 is 4.83. The molecule has 2 heterocycles. The lowest BCUT2D eigenvalue weighted by molar-refractivity contribution is 0.409. The normalized spacial score (nSPS) is 12.2. The molecule has 0 aliphatic rings. The van der Waals surface area contributed by atoms with E-state index < -0.39 is 0 Å². The molecule has 0 atom stereocenters. The lowest BCUT2D eigenvalue weighted by Gasteiger charge is -2.17. The summed E-state index contributed by atoms with van der Waals surface area (Å²) >= 11 is 0. The Balaban J connectivity index is 2.35. The largest absolute Gasteiger partial charge is 0.316 e. The Morgan fingerprint density at radius 3 is 2.86 bits per heavy atom. The highest BCUT2D eigenvalue weighted by Gasteiger charge is 2.12. The number of aromatic nitrogens is 3. The molecule has 0 fully saturated rings. The average molecular weight is 191 g/mol. The van der Waals surface area contributed by atoms with Gasteiger partial charge in [-0.2, -0.15) is 0 Å². The van der Waals surface area contributed by atoms with E-state index >= 15 is 0 Å². The molecule has 0 saturated carbocycles. The minimum Gasteiger partial charge on any atom is -0.316 e. The average Bonchev–Trinajstić information content (AvgIpc) is 2.47. The molecule has 0 spiro atoms. The summed E-state index contributed by atoms with van der Waals surface area (Å²) in [6.07, 6.45) is 2.79. The van der Waals surface area contributed by atoms with Gasteiger partial charge in [0.1, 0.15) is 0 Å². The highest BCUT2D eigenvalue weighted by Crippen LogP contribution is 2.21. The van der Waals surface area contributed by atoms with Crippen LogP contribution in [0.15, 0.2) is 16.8 Å². The quantitative estimate of drug-likeness (QED) is 0.693. The van der Waals surface area contributed by atoms with Crippen molar-refractivity contribution >= 4 is 11.2 Å². The molecule has 74 valence electrons. The van der Waals surface area contributed by atoms with Gasteiger partial charge in [-0.15, -0.1) is 5.10 Å². The maximum Gasteiger partial charge on any atom is 0.278 e. The van der Waals surface area contributed by atoms with Crippen LogP contribution in [0.4, 0.5) is 0 Å². The van der Waals surface area contributed by atoms with Gasteiger partial charge in [-0.05, 0) is 23.5 Å². The summed E-state index contributed by atoms with van der Waals surface area (Å²) in [5, 5.41) is 7.28. The first-order chi connectivity index (χ1) is 6.54. The van der Waals surface area contributed by atoms with Crippen molar-refractivity contribution in [1.82, 2.24) is 15.4 Å². The molecule has 2 rings (SSSR count). The molecule has 0 aliphatic heterocycles. The zero-order valence-corrected chi connectivity index (χ0v) is 8.61. The Morgan fingerprint density at radius 1 is 1.36 bits per heavy atom. The van der Waals surface area contributed by atoms with Gasteiger partial charge in [0.05, 0.1) is 0 Å². The first-order valence-electron chi connectivity index (χ1n) is 4.62. The van der Waals surface area contributed by atoms with Crippen molar-refractivity contribution in [2.24, 2.45) is 5.41 Å². The predicted octanol–water partition coefficient (Wildman–Crippen LogP) is 2.21. The van der Waals surface area contributed by atoms with Gasteiger partial charge in [-0.25, -0.2) is 4.98 Å². The Hall–Kier alpha value is -1.45. The van der Waals surface area contributed by atoms with Crippen molar-refractivity contribution in [3.05, 3.63) is 17.8 Å². The molecule has 0 radical (unpaired) electrons. The van der Waals surface area contributed by atoms with Crippen LogP contribution in [-0.2, 0) is 6.42 Å². The van der Waals surface area contributed by atoms with E-state index in [0.29, 0.717) is 5.71 Å². The predicted molar refractivity (Wildman–Crippen MR) is 52.8 cm³/mol. The van der Waals surface area contributed by atoms with Crippen molar-refractivity contribution in [3.63, 3.8) is 0 Å². The van der Waals surface area contributed by atoms with Gasteiger partial charge < -0.3 is 4.52 Å². The van der Waals surface area contributed by atoms with Gasteiger partial charge in [0.2, 0.25) is 0 Å². The van der Waals surface area contributed by atoms with Crippen LogP contribution in [0.2, 0.25) is 0 Å². The Morgan fingerprint density at radius 2 is 2.14 bits per heavy atom. The first-order valence-corrected chi connectivity index (χ1v) is 4.62. The zero-order valence-electron chi connectivity index (χ0n) is 8.61. The third-order valence-corrected chi connectivity index (χ3v) is 1.90. The number of rotatable bonds is 1. The number of fused-ring (bicyclic) bond motifs is 1. The van der Waals surface area contributed by atoms with Crippen molar-refractivity contribution < 1.29 is 4.52 Å². The Kier molecular flexibility index (Phi) is 1.98. The van der Waals surface area contributed by atoms with E-state index in [0.717, 1.165) is 11.9 Å². The second-order valence-corrected chi connectivity index (χ2v) is 4.68. The minimum absolute atomic E-state index is 0.256. The Bertz CT molecular complexity index is 442. The summed E-state index contributed by atoms with van der Waals surface area (Å²) in [5.41, 5.74) is 2.65. The molecular weight excluding hydrogens is 178 g/mol. The molecule has 0 aliphatic carbocycles. The van der Waals surface area contributed by atoms with Gasteiger partial charge in [0.25, 0.3) is 5.71 Å².